The second-order valence-electron chi connectivity index (χ2n) is 16.7. The van der Waals surface area contributed by atoms with Gasteiger partial charge in [0.15, 0.2) is 0 Å². The maximum atomic E-state index is 12.9. The number of amides is 1. The second kappa shape index (κ2) is 38.2. The summed E-state index contributed by atoms with van der Waals surface area (Å²) in [5.74, 6) is -0.213. The minimum atomic E-state index is -4.59. The molecule has 0 saturated heterocycles. The van der Waals surface area contributed by atoms with Gasteiger partial charge in [0.25, 0.3) is 7.82 Å². The summed E-state index contributed by atoms with van der Waals surface area (Å²) in [5.41, 5.74) is 0. The molecule has 0 aliphatic rings. The molecule has 0 saturated carbocycles. The Morgan fingerprint density at radius 2 is 1.02 bits per heavy atom. The van der Waals surface area contributed by atoms with Crippen molar-refractivity contribution in [3.05, 3.63) is 36.5 Å². The van der Waals surface area contributed by atoms with Crippen LogP contribution in [0, 0.1) is 0 Å². The van der Waals surface area contributed by atoms with E-state index in [1.54, 1.807) is 6.08 Å². The number of carbonyl (C=O) groups excluding carboxylic acids is 1. The number of nitrogens with zero attached hydrogens (tertiary/aromatic N) is 1. The fourth-order valence-electron chi connectivity index (χ4n) is 6.40. The number of nitrogens with one attached hydrogen (secondary N) is 1. The first-order valence-corrected chi connectivity index (χ1v) is 24.3. The number of rotatable bonds is 41. The minimum Gasteiger partial charge on any atom is -0.756 e. The molecule has 3 atom stereocenters. The summed E-state index contributed by atoms with van der Waals surface area (Å²) >= 11 is 0. The van der Waals surface area contributed by atoms with E-state index in [9.17, 15) is 19.4 Å². The zero-order valence-corrected chi connectivity index (χ0v) is 37.5. The molecule has 0 rings (SSSR count). The highest BCUT2D eigenvalue weighted by Crippen LogP contribution is 2.38. The molecule has 0 aliphatic carbocycles. The Hall–Kier alpha value is -1.28. The highest BCUT2D eigenvalue weighted by molar-refractivity contribution is 7.45. The van der Waals surface area contributed by atoms with Crippen LogP contribution < -0.4 is 10.2 Å². The molecule has 0 aromatic carbocycles. The third kappa shape index (κ3) is 40.7. The Kier molecular flexibility index (Phi) is 37.4. The largest absolute Gasteiger partial charge is 0.756 e. The van der Waals surface area contributed by atoms with E-state index in [4.69, 9.17) is 9.05 Å². The number of phosphoric ester groups is 1. The first kappa shape index (κ1) is 53.7. The van der Waals surface area contributed by atoms with Crippen LogP contribution in [0.3, 0.4) is 0 Å². The Bertz CT molecular complexity index is 995. The summed E-state index contributed by atoms with van der Waals surface area (Å²) in [6, 6.07) is -0.903. The van der Waals surface area contributed by atoms with Crippen molar-refractivity contribution in [2.45, 2.75) is 212 Å². The van der Waals surface area contributed by atoms with Gasteiger partial charge in [-0.25, -0.2) is 0 Å². The summed E-state index contributed by atoms with van der Waals surface area (Å²) in [5, 5.41) is 13.8. The van der Waals surface area contributed by atoms with Crippen molar-refractivity contribution in [2.75, 3.05) is 40.9 Å². The molecule has 0 aliphatic heterocycles. The molecular weight excluding hydrogens is 707 g/mol. The number of hydrogen-bond acceptors (Lipinski definition) is 6. The van der Waals surface area contributed by atoms with Gasteiger partial charge in [0.2, 0.25) is 5.91 Å². The molecule has 2 N–H and O–H groups in total. The maximum Gasteiger partial charge on any atom is 0.268 e. The smallest absolute Gasteiger partial charge is 0.268 e. The molecule has 0 heterocycles. The zero-order valence-electron chi connectivity index (χ0n) is 36.6. The van der Waals surface area contributed by atoms with E-state index in [0.29, 0.717) is 17.4 Å². The van der Waals surface area contributed by atoms with E-state index in [0.717, 1.165) is 38.5 Å². The normalized spacial score (nSPS) is 14.7. The average molecular weight is 797 g/mol. The Morgan fingerprint density at radius 1 is 0.618 bits per heavy atom. The lowest BCUT2D eigenvalue weighted by molar-refractivity contribution is -0.870. The molecule has 55 heavy (non-hydrogen) atoms. The summed E-state index contributed by atoms with van der Waals surface area (Å²) in [4.78, 5) is 25.3. The predicted octanol–water partition coefficient (Wildman–Crippen LogP) is 12.1. The van der Waals surface area contributed by atoms with Gasteiger partial charge in [-0.3, -0.25) is 9.36 Å². The first-order valence-electron chi connectivity index (χ1n) is 22.9. The molecule has 8 nitrogen and oxygen atoms in total. The molecule has 0 aromatic heterocycles. The molecule has 0 radical (unpaired) electrons. The van der Waals surface area contributed by atoms with Crippen LogP contribution in [0.2, 0.25) is 0 Å². The molecule has 1 amide bonds. The molecule has 0 bridgehead atoms. The van der Waals surface area contributed by atoms with Crippen molar-refractivity contribution in [3.63, 3.8) is 0 Å². The number of likely N-dealkylation sites (N-methyl/N-ethyl adjacent to an activating group) is 1. The lowest BCUT2D eigenvalue weighted by atomic mass is 10.1. The van der Waals surface area contributed by atoms with E-state index >= 15 is 0 Å². The number of hydrogen-bond donors (Lipinski definition) is 2. The molecule has 324 valence electrons. The van der Waals surface area contributed by atoms with E-state index < -0.39 is 26.6 Å². The van der Waals surface area contributed by atoms with Gasteiger partial charge >= 0.3 is 0 Å². The van der Waals surface area contributed by atoms with E-state index in [-0.39, 0.29) is 12.5 Å². The van der Waals surface area contributed by atoms with Crippen LogP contribution in [-0.2, 0) is 18.4 Å². The standard InChI is InChI=1S/C46H89N2O6P/c1-6-8-10-12-14-16-18-20-22-23-24-26-28-30-32-34-36-38-40-46(50)47-44(43-54-55(51,52)53-42-41-48(3,4)5)45(49)39-37-35-33-31-29-27-25-21-19-17-15-13-11-9-7-2/h22-23,29,31,37,39,44-45,49H,6-21,24-28,30,32-36,38,40-43H2,1-5H3,(H-,47,50,51,52)/b23-22-,31-29+,39-37+. The summed E-state index contributed by atoms with van der Waals surface area (Å²) in [6.45, 7) is 4.61. The summed E-state index contributed by atoms with van der Waals surface area (Å²) < 4.78 is 23.2. The van der Waals surface area contributed by atoms with Gasteiger partial charge in [-0.05, 0) is 57.8 Å². The highest BCUT2D eigenvalue weighted by atomic mass is 31.2. The fourth-order valence-corrected chi connectivity index (χ4v) is 7.12. The van der Waals surface area contributed by atoms with Crippen molar-refractivity contribution in [2.24, 2.45) is 0 Å². The van der Waals surface area contributed by atoms with Crippen LogP contribution in [0.25, 0.3) is 0 Å². The predicted molar refractivity (Wildman–Crippen MR) is 233 cm³/mol. The van der Waals surface area contributed by atoms with E-state index in [2.05, 4.69) is 43.5 Å². The maximum absolute atomic E-state index is 12.9. The van der Waals surface area contributed by atoms with Crippen molar-refractivity contribution in [3.8, 4) is 0 Å². The third-order valence-corrected chi connectivity index (χ3v) is 11.0. The van der Waals surface area contributed by atoms with Crippen molar-refractivity contribution in [1.82, 2.24) is 5.32 Å². The molecule has 9 heteroatoms. The molecule has 0 fully saturated rings. The molecule has 0 aromatic rings. The first-order chi connectivity index (χ1) is 26.5. The second-order valence-corrected chi connectivity index (χ2v) is 18.2. The van der Waals surface area contributed by atoms with Crippen molar-refractivity contribution < 1.29 is 32.9 Å². The van der Waals surface area contributed by atoms with Gasteiger partial charge in [-0.2, -0.15) is 0 Å². The third-order valence-electron chi connectivity index (χ3n) is 10.1. The van der Waals surface area contributed by atoms with Crippen LogP contribution in [0.4, 0.5) is 0 Å². The Morgan fingerprint density at radius 3 is 1.47 bits per heavy atom. The molecule has 3 unspecified atom stereocenters. The van der Waals surface area contributed by atoms with Gasteiger partial charge in [0.05, 0.1) is 39.9 Å². The minimum absolute atomic E-state index is 0.00713. The molecular formula is C46H89N2O6P. The van der Waals surface area contributed by atoms with Crippen molar-refractivity contribution >= 4 is 13.7 Å². The topological polar surface area (TPSA) is 108 Å². The number of allylic oxidation sites excluding steroid dienone is 5. The lowest BCUT2D eigenvalue weighted by Crippen LogP contribution is -2.45. The van der Waals surface area contributed by atoms with E-state index in [1.807, 2.05) is 27.2 Å². The number of phosphoric acid groups is 1. The van der Waals surface area contributed by atoms with Crippen LogP contribution in [0.5, 0.6) is 0 Å². The van der Waals surface area contributed by atoms with Gasteiger partial charge < -0.3 is 28.8 Å². The highest BCUT2D eigenvalue weighted by Gasteiger charge is 2.23. The number of aliphatic hydroxyl groups is 1. The van der Waals surface area contributed by atoms with Crippen LogP contribution in [0.15, 0.2) is 36.5 Å². The Balaban J connectivity index is 4.45. The Labute approximate surface area is 340 Å². The van der Waals surface area contributed by atoms with Gasteiger partial charge in [0, 0.05) is 6.42 Å². The zero-order chi connectivity index (χ0) is 40.7. The average Bonchev–Trinajstić information content (AvgIpc) is 3.13. The van der Waals surface area contributed by atoms with Crippen LogP contribution in [-0.4, -0.2) is 68.5 Å². The number of unbranched alkanes of at least 4 members (excludes halogenated alkanes) is 24. The fraction of sp³-hybridized carbons (Fsp3) is 0.848. The number of carbonyl (C=O) groups is 1. The van der Waals surface area contributed by atoms with Crippen LogP contribution >= 0.6 is 7.82 Å². The lowest BCUT2D eigenvalue weighted by Gasteiger charge is -2.29. The van der Waals surface area contributed by atoms with E-state index in [1.165, 1.54) is 141 Å². The monoisotopic (exact) mass is 797 g/mol. The van der Waals surface area contributed by atoms with Gasteiger partial charge in [-0.1, -0.05) is 172 Å². The number of aliphatic hydroxyl groups excluding tert-OH is 1. The number of quaternary nitrogens is 1. The molecule has 0 spiro atoms. The van der Waals surface area contributed by atoms with Gasteiger partial charge in [0.1, 0.15) is 13.2 Å². The quantitative estimate of drug-likeness (QED) is 0.0276. The van der Waals surface area contributed by atoms with Crippen LogP contribution in [0.1, 0.15) is 200 Å². The van der Waals surface area contributed by atoms with Crippen molar-refractivity contribution in [1.29, 1.82) is 0 Å². The van der Waals surface area contributed by atoms with Gasteiger partial charge in [-0.15, -0.1) is 0 Å². The summed E-state index contributed by atoms with van der Waals surface area (Å²) in [6.07, 6.45) is 46.2. The summed E-state index contributed by atoms with van der Waals surface area (Å²) in [7, 11) is 1.24. The SMILES string of the molecule is CCCCCCCCC/C=C\CCCCCCCCCC(=O)NC(COP(=O)([O-])OCC[N+](C)(C)C)C(O)/C=C/CC/C=C/CCCCCCCCCCC.